The third kappa shape index (κ3) is 2.33. The van der Waals surface area contributed by atoms with Crippen LogP contribution in [0.4, 0.5) is 5.82 Å². The summed E-state index contributed by atoms with van der Waals surface area (Å²) in [6.45, 7) is 5.28. The molecule has 0 atom stereocenters. The Kier molecular flexibility index (Phi) is 3.00. The van der Waals surface area contributed by atoms with E-state index in [1.165, 1.54) is 12.8 Å². The minimum absolute atomic E-state index is 0.0430. The summed E-state index contributed by atoms with van der Waals surface area (Å²) in [5.41, 5.74) is -0.577. The molecule has 1 saturated heterocycles. The van der Waals surface area contributed by atoms with E-state index >= 15 is 0 Å². The lowest BCUT2D eigenvalue weighted by Crippen LogP contribution is -2.62. The number of piperazine rings is 1. The molecule has 1 N–H and O–H groups in total. The van der Waals surface area contributed by atoms with E-state index < -0.39 is 5.54 Å². The normalized spacial score (nSPS) is 22.3. The number of nitrogens with one attached hydrogen (secondary N) is 1. The van der Waals surface area contributed by atoms with Crippen molar-refractivity contribution in [3.8, 4) is 0 Å². The van der Waals surface area contributed by atoms with Crippen molar-refractivity contribution >= 4 is 27.7 Å². The molecule has 0 spiro atoms. The molecule has 6 heteroatoms. The molecule has 5 nitrogen and oxygen atoms in total. The lowest BCUT2D eigenvalue weighted by atomic mass is 9.99. The molecule has 0 radical (unpaired) electrons. The number of hydrogen-bond acceptors (Lipinski definition) is 4. The number of anilines is 1. The first-order valence-corrected chi connectivity index (χ1v) is 7.38. The van der Waals surface area contributed by atoms with Gasteiger partial charge in [0.25, 0.3) is 0 Å². The van der Waals surface area contributed by atoms with Crippen molar-refractivity contribution in [2.75, 3.05) is 18.0 Å². The van der Waals surface area contributed by atoms with Gasteiger partial charge in [-0.25, -0.2) is 9.97 Å². The largest absolute Gasteiger partial charge is 0.352 e. The number of halogens is 1. The number of rotatable bonds is 2. The van der Waals surface area contributed by atoms with Crippen LogP contribution in [0, 0.1) is 0 Å². The number of aromatic nitrogens is 2. The molecule has 2 aliphatic rings. The Morgan fingerprint density at radius 2 is 2.16 bits per heavy atom. The Morgan fingerprint density at radius 3 is 2.84 bits per heavy atom. The Morgan fingerprint density at radius 1 is 1.42 bits per heavy atom. The minimum atomic E-state index is -0.577. The zero-order chi connectivity index (χ0) is 13.6. The van der Waals surface area contributed by atoms with E-state index in [1.54, 1.807) is 0 Å². The standard InChI is InChI=1S/C13H17BrN4O/c1-13(2)12(19)15-5-6-18(13)10-7-9(14)16-11(17-10)8-3-4-8/h7-8H,3-6H2,1-2H3,(H,15,19). The maximum atomic E-state index is 12.0. The van der Waals surface area contributed by atoms with Crippen LogP contribution in [-0.2, 0) is 4.79 Å². The van der Waals surface area contributed by atoms with E-state index in [0.717, 1.165) is 22.8 Å². The van der Waals surface area contributed by atoms with Crippen molar-refractivity contribution < 1.29 is 4.79 Å². The highest BCUT2D eigenvalue weighted by molar-refractivity contribution is 9.10. The first-order valence-electron chi connectivity index (χ1n) is 6.59. The molecule has 1 aromatic heterocycles. The van der Waals surface area contributed by atoms with Crippen molar-refractivity contribution in [1.29, 1.82) is 0 Å². The van der Waals surface area contributed by atoms with Crippen LogP contribution in [0.3, 0.4) is 0 Å². The van der Waals surface area contributed by atoms with Crippen molar-refractivity contribution in [3.63, 3.8) is 0 Å². The summed E-state index contributed by atoms with van der Waals surface area (Å²) in [6.07, 6.45) is 2.33. The second kappa shape index (κ2) is 4.44. The van der Waals surface area contributed by atoms with Gasteiger partial charge in [0.2, 0.25) is 5.91 Å². The fourth-order valence-corrected chi connectivity index (χ4v) is 2.77. The predicted octanol–water partition coefficient (Wildman–Crippen LogP) is 1.83. The number of amides is 1. The van der Waals surface area contributed by atoms with E-state index in [-0.39, 0.29) is 5.91 Å². The number of carbonyl (C=O) groups is 1. The molecule has 0 aromatic carbocycles. The van der Waals surface area contributed by atoms with Crippen LogP contribution in [0.2, 0.25) is 0 Å². The van der Waals surface area contributed by atoms with E-state index in [0.29, 0.717) is 12.5 Å². The van der Waals surface area contributed by atoms with E-state index in [1.807, 2.05) is 19.9 Å². The van der Waals surface area contributed by atoms with E-state index in [2.05, 4.69) is 36.1 Å². The third-order valence-electron chi connectivity index (χ3n) is 3.77. The van der Waals surface area contributed by atoms with E-state index in [9.17, 15) is 4.79 Å². The Labute approximate surface area is 120 Å². The van der Waals surface area contributed by atoms with Gasteiger partial charge in [-0.1, -0.05) is 0 Å². The van der Waals surface area contributed by atoms with Crippen LogP contribution in [0.25, 0.3) is 0 Å². The molecule has 19 heavy (non-hydrogen) atoms. The fraction of sp³-hybridized carbons (Fsp3) is 0.615. The maximum absolute atomic E-state index is 12.0. The first-order chi connectivity index (χ1) is 8.98. The summed E-state index contributed by atoms with van der Waals surface area (Å²) < 4.78 is 0.793. The molecule has 1 aromatic rings. The van der Waals surface area contributed by atoms with Crippen LogP contribution in [0.5, 0.6) is 0 Å². The number of hydrogen-bond donors (Lipinski definition) is 1. The zero-order valence-corrected chi connectivity index (χ0v) is 12.7. The summed E-state index contributed by atoms with van der Waals surface area (Å²) in [5, 5.41) is 2.90. The maximum Gasteiger partial charge on any atom is 0.245 e. The summed E-state index contributed by atoms with van der Waals surface area (Å²) >= 11 is 3.45. The zero-order valence-electron chi connectivity index (χ0n) is 11.1. The molecule has 1 aliphatic heterocycles. The highest BCUT2D eigenvalue weighted by atomic mass is 79.9. The first kappa shape index (κ1) is 12.8. The van der Waals surface area contributed by atoms with Crippen LogP contribution in [0.15, 0.2) is 10.7 Å². The van der Waals surface area contributed by atoms with Crippen LogP contribution in [0.1, 0.15) is 38.4 Å². The summed E-state index contributed by atoms with van der Waals surface area (Å²) in [7, 11) is 0. The predicted molar refractivity (Wildman–Crippen MR) is 76.1 cm³/mol. The molecular weight excluding hydrogens is 308 g/mol. The molecule has 1 aliphatic carbocycles. The molecule has 1 amide bonds. The van der Waals surface area contributed by atoms with Gasteiger partial charge in [0.15, 0.2) is 0 Å². The highest BCUT2D eigenvalue weighted by Crippen LogP contribution is 2.39. The minimum Gasteiger partial charge on any atom is -0.352 e. The van der Waals surface area contributed by atoms with Crippen LogP contribution in [-0.4, -0.2) is 34.5 Å². The molecule has 3 rings (SSSR count). The Bertz CT molecular complexity index is 527. The van der Waals surface area contributed by atoms with Gasteiger partial charge < -0.3 is 10.2 Å². The second-order valence-electron chi connectivity index (χ2n) is 5.65. The quantitative estimate of drug-likeness (QED) is 0.843. The number of carbonyl (C=O) groups excluding carboxylic acids is 1. The van der Waals surface area contributed by atoms with Gasteiger partial charge >= 0.3 is 0 Å². The third-order valence-corrected chi connectivity index (χ3v) is 4.18. The van der Waals surface area contributed by atoms with Crippen molar-refractivity contribution in [1.82, 2.24) is 15.3 Å². The summed E-state index contributed by atoms with van der Waals surface area (Å²) in [4.78, 5) is 23.2. The Hall–Kier alpha value is -1.17. The van der Waals surface area contributed by atoms with Crippen LogP contribution < -0.4 is 10.2 Å². The average Bonchev–Trinajstić information content (AvgIpc) is 3.15. The van der Waals surface area contributed by atoms with Gasteiger partial charge in [-0.2, -0.15) is 0 Å². The molecule has 2 fully saturated rings. The molecule has 102 valence electrons. The summed E-state index contributed by atoms with van der Waals surface area (Å²) in [6, 6.07) is 1.90. The number of nitrogens with zero attached hydrogens (tertiary/aromatic N) is 3. The smallest absolute Gasteiger partial charge is 0.245 e. The SMILES string of the molecule is CC1(C)C(=O)NCCN1c1cc(Br)nc(C2CC2)n1. The van der Waals surface area contributed by atoms with Crippen molar-refractivity contribution in [2.24, 2.45) is 0 Å². The van der Waals surface area contributed by atoms with Crippen molar-refractivity contribution in [3.05, 3.63) is 16.5 Å². The average molecular weight is 325 g/mol. The summed E-state index contributed by atoms with van der Waals surface area (Å²) in [5.74, 6) is 2.27. The van der Waals surface area contributed by atoms with Gasteiger partial charge in [-0.15, -0.1) is 0 Å². The van der Waals surface area contributed by atoms with Crippen molar-refractivity contribution in [2.45, 2.75) is 38.1 Å². The van der Waals surface area contributed by atoms with E-state index in [4.69, 9.17) is 0 Å². The van der Waals surface area contributed by atoms with Gasteiger partial charge in [-0.05, 0) is 42.6 Å². The lowest BCUT2D eigenvalue weighted by Gasteiger charge is -2.42. The van der Waals surface area contributed by atoms with Gasteiger partial charge in [0.05, 0.1) is 0 Å². The fourth-order valence-electron chi connectivity index (χ4n) is 2.39. The molecule has 0 unspecified atom stereocenters. The molecule has 1 saturated carbocycles. The monoisotopic (exact) mass is 324 g/mol. The van der Waals surface area contributed by atoms with Crippen LogP contribution >= 0.6 is 15.9 Å². The van der Waals surface area contributed by atoms with Gasteiger partial charge in [0, 0.05) is 25.1 Å². The van der Waals surface area contributed by atoms with Gasteiger partial charge in [0.1, 0.15) is 21.8 Å². The second-order valence-corrected chi connectivity index (χ2v) is 6.46. The highest BCUT2D eigenvalue weighted by Gasteiger charge is 2.39. The molecule has 0 bridgehead atoms. The molecule has 2 heterocycles. The molecular formula is C13H17BrN4O. The Balaban J connectivity index is 1.98. The van der Waals surface area contributed by atoms with Gasteiger partial charge in [-0.3, -0.25) is 4.79 Å². The topological polar surface area (TPSA) is 58.1 Å². The lowest BCUT2D eigenvalue weighted by molar-refractivity contribution is -0.126.